The summed E-state index contributed by atoms with van der Waals surface area (Å²) in [5.74, 6) is 0. The SMILES string of the molecule is C[CH]CC.[CH2]CCCCCCC.[Mg]. The van der Waals surface area contributed by atoms with E-state index in [0.29, 0.717) is 0 Å². The van der Waals surface area contributed by atoms with Crippen LogP contribution in [0.3, 0.4) is 0 Å². The molecular formula is C12H26Mg. The van der Waals surface area contributed by atoms with Crippen molar-refractivity contribution in [2.75, 3.05) is 0 Å². The molecule has 1 heteroatoms. The second-order valence-corrected chi connectivity index (χ2v) is 3.08. The zero-order valence-electron chi connectivity index (χ0n) is 9.94. The maximum atomic E-state index is 3.78. The summed E-state index contributed by atoms with van der Waals surface area (Å²) in [7, 11) is 0. The first kappa shape index (κ1) is 19.4. The van der Waals surface area contributed by atoms with Crippen molar-refractivity contribution in [3.8, 4) is 0 Å². The highest BCUT2D eigenvalue weighted by Gasteiger charge is 1.83. The van der Waals surface area contributed by atoms with Crippen molar-refractivity contribution in [3.63, 3.8) is 0 Å². The Bertz CT molecular complexity index is 45.1. The van der Waals surface area contributed by atoms with Crippen LogP contribution in [0, 0.1) is 13.3 Å². The fraction of sp³-hybridized carbons (Fsp3) is 0.833. The van der Waals surface area contributed by atoms with Gasteiger partial charge in [-0.3, -0.25) is 0 Å². The highest BCUT2D eigenvalue weighted by molar-refractivity contribution is 5.75. The lowest BCUT2D eigenvalue weighted by molar-refractivity contribution is 0.637. The Morgan fingerprint density at radius 3 is 1.77 bits per heavy atom. The van der Waals surface area contributed by atoms with E-state index < -0.39 is 0 Å². The van der Waals surface area contributed by atoms with E-state index >= 15 is 0 Å². The topological polar surface area (TPSA) is 0 Å². The average molecular weight is 195 g/mol. The number of rotatable bonds is 6. The largest absolute Gasteiger partial charge is 0.0654 e. The molecule has 76 valence electrons. The quantitative estimate of drug-likeness (QED) is 0.434. The molecule has 0 aliphatic rings. The van der Waals surface area contributed by atoms with Crippen molar-refractivity contribution < 1.29 is 0 Å². The first-order chi connectivity index (χ1) is 5.83. The smallest absolute Gasteiger partial charge is 0 e. The van der Waals surface area contributed by atoms with Crippen molar-refractivity contribution in [1.29, 1.82) is 0 Å². The third-order valence-corrected chi connectivity index (χ3v) is 1.76. The lowest BCUT2D eigenvalue weighted by Gasteiger charge is -1.93. The number of hydrogen-bond acceptors (Lipinski definition) is 0. The van der Waals surface area contributed by atoms with Gasteiger partial charge in [0.2, 0.25) is 0 Å². The van der Waals surface area contributed by atoms with E-state index in [0.717, 1.165) is 6.42 Å². The van der Waals surface area contributed by atoms with Crippen molar-refractivity contribution in [2.45, 2.75) is 65.7 Å². The van der Waals surface area contributed by atoms with Gasteiger partial charge in [0.1, 0.15) is 0 Å². The van der Waals surface area contributed by atoms with Crippen molar-refractivity contribution in [2.24, 2.45) is 0 Å². The fourth-order valence-electron chi connectivity index (χ4n) is 0.780. The standard InChI is InChI=1S/C8H17.C4H9.Mg/c1-3-5-7-8-6-4-2;1-3-4-2;/h1,3-8H2,2H3;3H,4H2,1-2H3;. The monoisotopic (exact) mass is 194 g/mol. The van der Waals surface area contributed by atoms with Crippen LogP contribution in [-0.4, -0.2) is 23.1 Å². The van der Waals surface area contributed by atoms with E-state index in [1.165, 1.54) is 38.5 Å². The Kier molecular flexibility index (Phi) is 34.2. The molecule has 0 rings (SSSR count). The molecule has 0 atom stereocenters. The molecule has 0 aliphatic carbocycles. The number of hydrogen-bond donors (Lipinski definition) is 0. The van der Waals surface area contributed by atoms with Crippen LogP contribution in [0.1, 0.15) is 65.7 Å². The van der Waals surface area contributed by atoms with Gasteiger partial charge >= 0.3 is 0 Å². The predicted molar refractivity (Wildman–Crippen MR) is 64.8 cm³/mol. The summed E-state index contributed by atoms with van der Waals surface area (Å²) in [4.78, 5) is 0. The minimum Gasteiger partial charge on any atom is -0.0654 e. The molecule has 0 aromatic carbocycles. The van der Waals surface area contributed by atoms with Crippen LogP contribution in [0.4, 0.5) is 0 Å². The zero-order valence-corrected chi connectivity index (χ0v) is 11.4. The minimum absolute atomic E-state index is 0. The normalized spacial score (nSPS) is 8.31. The molecule has 0 fully saturated rings. The highest BCUT2D eigenvalue weighted by Crippen LogP contribution is 2.03. The van der Waals surface area contributed by atoms with E-state index in [4.69, 9.17) is 0 Å². The molecule has 0 N–H and O–H groups in total. The van der Waals surface area contributed by atoms with E-state index in [1.54, 1.807) is 0 Å². The summed E-state index contributed by atoms with van der Waals surface area (Å²) in [6, 6.07) is 0. The van der Waals surface area contributed by atoms with Crippen LogP contribution >= 0.6 is 0 Å². The molecule has 0 nitrogen and oxygen atoms in total. The second-order valence-electron chi connectivity index (χ2n) is 3.08. The molecule has 0 saturated heterocycles. The van der Waals surface area contributed by atoms with E-state index in [-0.39, 0.29) is 23.1 Å². The molecule has 4 radical (unpaired) electrons. The van der Waals surface area contributed by atoms with Crippen LogP contribution in [0.5, 0.6) is 0 Å². The Morgan fingerprint density at radius 2 is 1.46 bits per heavy atom. The van der Waals surface area contributed by atoms with Crippen molar-refractivity contribution >= 4 is 23.1 Å². The van der Waals surface area contributed by atoms with E-state index in [2.05, 4.69) is 34.1 Å². The van der Waals surface area contributed by atoms with Gasteiger partial charge in [0.05, 0.1) is 0 Å². The third kappa shape index (κ3) is 32.3. The Balaban J connectivity index is -0.000000173. The summed E-state index contributed by atoms with van der Waals surface area (Å²) in [6.45, 7) is 10.2. The highest BCUT2D eigenvalue weighted by atomic mass is 24.3. The van der Waals surface area contributed by atoms with Gasteiger partial charge in [0.25, 0.3) is 0 Å². The summed E-state index contributed by atoms with van der Waals surface area (Å²) in [5.41, 5.74) is 0. The molecule has 0 amide bonds. The van der Waals surface area contributed by atoms with Crippen molar-refractivity contribution in [1.82, 2.24) is 0 Å². The van der Waals surface area contributed by atoms with Gasteiger partial charge in [-0.1, -0.05) is 72.6 Å². The molecule has 0 aromatic heterocycles. The fourth-order valence-corrected chi connectivity index (χ4v) is 0.780. The van der Waals surface area contributed by atoms with Gasteiger partial charge in [-0.25, -0.2) is 0 Å². The zero-order chi connectivity index (χ0) is 9.66. The van der Waals surface area contributed by atoms with Crippen LogP contribution in [0.25, 0.3) is 0 Å². The average Bonchev–Trinajstić information content (AvgIpc) is 2.13. The minimum atomic E-state index is 0. The molecule has 0 bridgehead atoms. The Hall–Kier alpha value is 0.766. The summed E-state index contributed by atoms with van der Waals surface area (Å²) >= 11 is 0. The second kappa shape index (κ2) is 23.0. The lowest BCUT2D eigenvalue weighted by Crippen LogP contribution is -1.74. The van der Waals surface area contributed by atoms with Gasteiger partial charge in [-0.15, -0.1) is 0 Å². The lowest BCUT2D eigenvalue weighted by atomic mass is 10.1. The molecule has 0 spiro atoms. The van der Waals surface area contributed by atoms with E-state index in [1.807, 2.05) is 0 Å². The van der Waals surface area contributed by atoms with Crippen molar-refractivity contribution in [3.05, 3.63) is 13.3 Å². The third-order valence-electron chi connectivity index (χ3n) is 1.76. The summed E-state index contributed by atoms with van der Waals surface area (Å²) in [6.07, 6.45) is 11.3. The molecule has 13 heavy (non-hydrogen) atoms. The molecular weight excluding hydrogens is 168 g/mol. The molecule has 0 unspecified atom stereocenters. The molecule has 0 heterocycles. The molecule has 0 aromatic rings. The predicted octanol–water partition coefficient (Wildman–Crippen LogP) is 4.42. The maximum Gasteiger partial charge on any atom is 0 e. The molecule has 0 aliphatic heterocycles. The summed E-state index contributed by atoms with van der Waals surface area (Å²) in [5, 5.41) is 0. The molecule has 0 saturated carbocycles. The van der Waals surface area contributed by atoms with E-state index in [9.17, 15) is 0 Å². The van der Waals surface area contributed by atoms with Gasteiger partial charge in [0.15, 0.2) is 0 Å². The van der Waals surface area contributed by atoms with Gasteiger partial charge in [0, 0.05) is 23.1 Å². The first-order valence-electron chi connectivity index (χ1n) is 5.40. The Labute approximate surface area is 102 Å². The van der Waals surface area contributed by atoms with Crippen LogP contribution in [0.15, 0.2) is 0 Å². The first-order valence-corrected chi connectivity index (χ1v) is 5.40. The van der Waals surface area contributed by atoms with Gasteiger partial charge in [-0.2, -0.15) is 0 Å². The van der Waals surface area contributed by atoms with Crippen LogP contribution < -0.4 is 0 Å². The summed E-state index contributed by atoms with van der Waals surface area (Å²) < 4.78 is 0. The van der Waals surface area contributed by atoms with Gasteiger partial charge in [-0.05, 0) is 6.42 Å². The van der Waals surface area contributed by atoms with Crippen LogP contribution in [0.2, 0.25) is 0 Å². The number of unbranched alkanes of at least 4 members (excludes halogenated alkanes) is 6. The van der Waals surface area contributed by atoms with Gasteiger partial charge < -0.3 is 0 Å². The Morgan fingerprint density at radius 1 is 1.00 bits per heavy atom. The maximum absolute atomic E-state index is 3.78. The van der Waals surface area contributed by atoms with Crippen LogP contribution in [-0.2, 0) is 0 Å².